The summed E-state index contributed by atoms with van der Waals surface area (Å²) in [5, 5.41) is 0. The number of hydrogen-bond acceptors (Lipinski definition) is 3. The lowest BCUT2D eigenvalue weighted by Crippen LogP contribution is -2.36. The standard InChI is InChI=1S/C16H20O3/c1-11(2)8-12-4-6-13(7-5-12)16(3)9-14(17)19-15(18)10-16/h4-7,11H,8-10H2,1-3H3. The molecule has 3 heteroatoms. The molecule has 19 heavy (non-hydrogen) atoms. The zero-order chi connectivity index (χ0) is 14.0. The average molecular weight is 260 g/mol. The molecule has 1 aromatic rings. The van der Waals surface area contributed by atoms with E-state index in [1.165, 1.54) is 5.56 Å². The molecular formula is C16H20O3. The Kier molecular flexibility index (Phi) is 3.74. The third-order valence-electron chi connectivity index (χ3n) is 3.59. The highest BCUT2D eigenvalue weighted by molar-refractivity contribution is 5.90. The predicted molar refractivity (Wildman–Crippen MR) is 72.7 cm³/mol. The van der Waals surface area contributed by atoms with Crippen LogP contribution in [0.4, 0.5) is 0 Å². The fourth-order valence-corrected chi connectivity index (χ4v) is 2.62. The Balaban J connectivity index is 2.21. The van der Waals surface area contributed by atoms with Crippen molar-refractivity contribution in [1.82, 2.24) is 0 Å². The van der Waals surface area contributed by atoms with Crippen molar-refractivity contribution in [2.45, 2.75) is 45.4 Å². The summed E-state index contributed by atoms with van der Waals surface area (Å²) in [6.45, 7) is 6.32. The van der Waals surface area contributed by atoms with E-state index in [0.29, 0.717) is 5.92 Å². The highest BCUT2D eigenvalue weighted by Crippen LogP contribution is 2.35. The lowest BCUT2D eigenvalue weighted by molar-refractivity contribution is -0.166. The van der Waals surface area contributed by atoms with Gasteiger partial charge in [-0.1, -0.05) is 45.0 Å². The molecule has 1 heterocycles. The predicted octanol–water partition coefficient (Wildman–Crippen LogP) is 3.01. The summed E-state index contributed by atoms with van der Waals surface area (Å²) in [6, 6.07) is 8.24. The second-order valence-corrected chi connectivity index (χ2v) is 6.06. The largest absolute Gasteiger partial charge is 0.393 e. The number of ether oxygens (including phenoxy) is 1. The van der Waals surface area contributed by atoms with E-state index in [4.69, 9.17) is 0 Å². The number of cyclic esters (lactones) is 2. The van der Waals surface area contributed by atoms with Gasteiger partial charge in [-0.3, -0.25) is 9.59 Å². The summed E-state index contributed by atoms with van der Waals surface area (Å²) in [5.74, 6) is -0.234. The van der Waals surface area contributed by atoms with Crippen molar-refractivity contribution in [3.8, 4) is 0 Å². The second kappa shape index (κ2) is 5.16. The molecular weight excluding hydrogens is 240 g/mol. The molecule has 1 saturated heterocycles. The average Bonchev–Trinajstić information content (AvgIpc) is 2.26. The van der Waals surface area contributed by atoms with Gasteiger partial charge in [-0.15, -0.1) is 0 Å². The molecule has 0 amide bonds. The highest BCUT2D eigenvalue weighted by Gasteiger charge is 2.38. The van der Waals surface area contributed by atoms with Crippen molar-refractivity contribution in [3.05, 3.63) is 35.4 Å². The van der Waals surface area contributed by atoms with E-state index in [1.54, 1.807) is 0 Å². The minimum Gasteiger partial charge on any atom is -0.393 e. The van der Waals surface area contributed by atoms with Crippen LogP contribution in [0.3, 0.4) is 0 Å². The van der Waals surface area contributed by atoms with E-state index in [0.717, 1.165) is 12.0 Å². The Morgan fingerprint density at radius 1 is 1.11 bits per heavy atom. The SMILES string of the molecule is CC(C)Cc1ccc(C2(C)CC(=O)OC(=O)C2)cc1. The van der Waals surface area contributed by atoms with Gasteiger partial charge in [-0.25, -0.2) is 0 Å². The number of hydrogen-bond donors (Lipinski definition) is 0. The maximum Gasteiger partial charge on any atom is 0.314 e. The Morgan fingerprint density at radius 3 is 2.11 bits per heavy atom. The fourth-order valence-electron chi connectivity index (χ4n) is 2.62. The Bertz CT molecular complexity index is 469. The van der Waals surface area contributed by atoms with Gasteiger partial charge < -0.3 is 4.74 Å². The zero-order valence-corrected chi connectivity index (χ0v) is 11.7. The van der Waals surface area contributed by atoms with Crippen molar-refractivity contribution >= 4 is 11.9 Å². The second-order valence-electron chi connectivity index (χ2n) is 6.06. The summed E-state index contributed by atoms with van der Waals surface area (Å²) in [4.78, 5) is 22.9. The van der Waals surface area contributed by atoms with Crippen molar-refractivity contribution in [3.63, 3.8) is 0 Å². The van der Waals surface area contributed by atoms with E-state index in [-0.39, 0.29) is 12.8 Å². The van der Waals surface area contributed by atoms with Crippen LogP contribution in [0.5, 0.6) is 0 Å². The van der Waals surface area contributed by atoms with Crippen molar-refractivity contribution in [2.24, 2.45) is 5.92 Å². The number of rotatable bonds is 3. The minimum absolute atomic E-state index is 0.266. The highest BCUT2D eigenvalue weighted by atomic mass is 16.6. The monoisotopic (exact) mass is 260 g/mol. The summed E-state index contributed by atoms with van der Waals surface area (Å²) in [5.41, 5.74) is 1.89. The van der Waals surface area contributed by atoms with E-state index >= 15 is 0 Å². The van der Waals surface area contributed by atoms with Crippen LogP contribution in [-0.2, 0) is 26.2 Å². The molecule has 0 radical (unpaired) electrons. The van der Waals surface area contributed by atoms with Crippen LogP contribution in [-0.4, -0.2) is 11.9 Å². The molecule has 3 nitrogen and oxygen atoms in total. The zero-order valence-electron chi connectivity index (χ0n) is 11.7. The summed E-state index contributed by atoms with van der Waals surface area (Å²) < 4.78 is 4.60. The maximum absolute atomic E-state index is 11.4. The Morgan fingerprint density at radius 2 is 1.63 bits per heavy atom. The van der Waals surface area contributed by atoms with E-state index in [2.05, 4.69) is 30.7 Å². The lowest BCUT2D eigenvalue weighted by Gasteiger charge is -2.31. The lowest BCUT2D eigenvalue weighted by atomic mass is 9.75. The number of benzene rings is 1. The third-order valence-corrected chi connectivity index (χ3v) is 3.59. The van der Waals surface area contributed by atoms with Gasteiger partial charge in [0.2, 0.25) is 0 Å². The van der Waals surface area contributed by atoms with Crippen molar-refractivity contribution in [1.29, 1.82) is 0 Å². The van der Waals surface area contributed by atoms with Gasteiger partial charge in [0.05, 0.1) is 12.8 Å². The van der Waals surface area contributed by atoms with Gasteiger partial charge in [-0.05, 0) is 23.5 Å². The summed E-state index contributed by atoms with van der Waals surface area (Å²) >= 11 is 0. The van der Waals surface area contributed by atoms with E-state index in [1.807, 2.05) is 19.1 Å². The molecule has 2 rings (SSSR count). The summed E-state index contributed by atoms with van der Waals surface area (Å²) in [6.07, 6.45) is 1.57. The number of esters is 2. The van der Waals surface area contributed by atoms with Gasteiger partial charge in [-0.2, -0.15) is 0 Å². The molecule has 0 N–H and O–H groups in total. The van der Waals surface area contributed by atoms with E-state index < -0.39 is 17.4 Å². The normalized spacial score (nSPS) is 18.5. The first kappa shape index (κ1) is 13.8. The van der Waals surface area contributed by atoms with Gasteiger partial charge >= 0.3 is 11.9 Å². The minimum atomic E-state index is -0.428. The van der Waals surface area contributed by atoms with Gasteiger partial charge in [0.15, 0.2) is 0 Å². The molecule has 1 aliphatic rings. The molecule has 0 aromatic heterocycles. The van der Waals surface area contributed by atoms with Crippen molar-refractivity contribution < 1.29 is 14.3 Å². The van der Waals surface area contributed by atoms with Crippen LogP contribution in [0.1, 0.15) is 44.7 Å². The Hall–Kier alpha value is -1.64. The molecule has 0 saturated carbocycles. The van der Waals surface area contributed by atoms with Crippen LogP contribution >= 0.6 is 0 Å². The van der Waals surface area contributed by atoms with Crippen LogP contribution in [0.25, 0.3) is 0 Å². The van der Waals surface area contributed by atoms with E-state index in [9.17, 15) is 9.59 Å². The first-order chi connectivity index (χ1) is 8.89. The molecule has 102 valence electrons. The quantitative estimate of drug-likeness (QED) is 0.620. The smallest absolute Gasteiger partial charge is 0.314 e. The first-order valence-electron chi connectivity index (χ1n) is 6.72. The Labute approximate surface area is 114 Å². The molecule has 0 atom stereocenters. The molecule has 1 aromatic carbocycles. The number of carbonyl (C=O) groups excluding carboxylic acids is 2. The molecule has 0 aliphatic carbocycles. The first-order valence-corrected chi connectivity index (χ1v) is 6.72. The molecule has 1 aliphatic heterocycles. The molecule has 0 bridgehead atoms. The fraction of sp³-hybridized carbons (Fsp3) is 0.500. The van der Waals surface area contributed by atoms with Crippen LogP contribution in [0.2, 0.25) is 0 Å². The van der Waals surface area contributed by atoms with Crippen LogP contribution < -0.4 is 0 Å². The van der Waals surface area contributed by atoms with Gasteiger partial charge in [0.25, 0.3) is 0 Å². The maximum atomic E-state index is 11.4. The molecule has 0 spiro atoms. The van der Waals surface area contributed by atoms with Gasteiger partial charge in [0.1, 0.15) is 0 Å². The molecule has 0 unspecified atom stereocenters. The number of carbonyl (C=O) groups is 2. The molecule has 1 fully saturated rings. The topological polar surface area (TPSA) is 43.4 Å². The summed E-state index contributed by atoms with van der Waals surface area (Å²) in [7, 11) is 0. The van der Waals surface area contributed by atoms with Gasteiger partial charge in [0, 0.05) is 5.41 Å². The van der Waals surface area contributed by atoms with Crippen molar-refractivity contribution in [2.75, 3.05) is 0 Å². The third kappa shape index (κ3) is 3.22. The van der Waals surface area contributed by atoms with Crippen LogP contribution in [0, 0.1) is 5.92 Å². The van der Waals surface area contributed by atoms with Crippen LogP contribution in [0.15, 0.2) is 24.3 Å².